The van der Waals surface area contributed by atoms with Crippen LogP contribution < -0.4 is 10.6 Å². The first-order valence-electron chi connectivity index (χ1n) is 7.84. The molecule has 2 heterocycles. The van der Waals surface area contributed by atoms with Gasteiger partial charge in [0.05, 0.1) is 25.3 Å². The molecule has 1 aliphatic rings. The van der Waals surface area contributed by atoms with Gasteiger partial charge >= 0.3 is 0 Å². The molecule has 0 spiro atoms. The van der Waals surface area contributed by atoms with Gasteiger partial charge in [-0.25, -0.2) is 9.98 Å². The first kappa shape index (κ1) is 18.7. The van der Waals surface area contributed by atoms with Gasteiger partial charge < -0.3 is 20.3 Å². The summed E-state index contributed by atoms with van der Waals surface area (Å²) < 4.78 is 5.35. The zero-order valence-corrected chi connectivity index (χ0v) is 16.4. The smallest absolute Gasteiger partial charge is 0.191 e. The van der Waals surface area contributed by atoms with Crippen LogP contribution in [0.1, 0.15) is 5.56 Å². The summed E-state index contributed by atoms with van der Waals surface area (Å²) in [6, 6.07) is 10.2. The highest BCUT2D eigenvalue weighted by Crippen LogP contribution is 2.22. The van der Waals surface area contributed by atoms with Crippen molar-refractivity contribution >= 4 is 46.7 Å². The number of fused-ring (bicyclic) bond motifs is 1. The first-order chi connectivity index (χ1) is 11.1. The molecular weight excluding hydrogens is 417 g/mol. The maximum Gasteiger partial charge on any atom is 0.191 e. The van der Waals surface area contributed by atoms with Crippen LogP contribution in [0.4, 0.5) is 5.82 Å². The lowest BCUT2D eigenvalue weighted by atomic mass is 10.1. The van der Waals surface area contributed by atoms with E-state index in [0.717, 1.165) is 35.4 Å². The number of aromatic nitrogens is 1. The summed E-state index contributed by atoms with van der Waals surface area (Å²) in [6.45, 7) is 3.57. The quantitative estimate of drug-likeness (QED) is 0.449. The lowest BCUT2D eigenvalue weighted by Crippen LogP contribution is -2.44. The summed E-state index contributed by atoms with van der Waals surface area (Å²) in [6.07, 6.45) is 0. The molecule has 24 heavy (non-hydrogen) atoms. The Bertz CT molecular complexity index is 713. The van der Waals surface area contributed by atoms with E-state index in [4.69, 9.17) is 10.5 Å². The third-order valence-corrected chi connectivity index (χ3v) is 3.99. The maximum atomic E-state index is 6.13. The highest BCUT2D eigenvalue weighted by molar-refractivity contribution is 14.0. The van der Waals surface area contributed by atoms with Crippen LogP contribution in [0.15, 0.2) is 35.3 Å². The molecule has 1 fully saturated rings. The van der Waals surface area contributed by atoms with Crippen LogP contribution in [0.3, 0.4) is 0 Å². The van der Waals surface area contributed by atoms with Crippen molar-refractivity contribution in [3.63, 3.8) is 0 Å². The van der Waals surface area contributed by atoms with Crippen LogP contribution in [0.25, 0.3) is 10.9 Å². The Kier molecular flexibility index (Phi) is 6.61. The molecule has 2 aromatic rings. The topological polar surface area (TPSA) is 67.0 Å². The Labute approximate surface area is 159 Å². The monoisotopic (exact) mass is 441 g/mol. The molecule has 130 valence electrons. The SMILES string of the molecule is CN(C)c1cc(CN=C(N)N2CCOCC2)c2ccccc2n1.I. The van der Waals surface area contributed by atoms with E-state index in [1.165, 1.54) is 0 Å². The lowest BCUT2D eigenvalue weighted by Gasteiger charge is -2.27. The Morgan fingerprint density at radius 3 is 2.71 bits per heavy atom. The number of halogens is 1. The Morgan fingerprint density at radius 1 is 1.29 bits per heavy atom. The zero-order chi connectivity index (χ0) is 16.2. The molecule has 1 aromatic heterocycles. The van der Waals surface area contributed by atoms with Gasteiger partial charge in [0, 0.05) is 32.6 Å². The van der Waals surface area contributed by atoms with Gasteiger partial charge in [-0.3, -0.25) is 0 Å². The molecule has 1 aliphatic heterocycles. The van der Waals surface area contributed by atoms with Crippen molar-refractivity contribution in [1.82, 2.24) is 9.88 Å². The van der Waals surface area contributed by atoms with E-state index in [9.17, 15) is 0 Å². The molecule has 0 unspecified atom stereocenters. The minimum Gasteiger partial charge on any atom is -0.378 e. The molecule has 7 heteroatoms. The fourth-order valence-electron chi connectivity index (χ4n) is 2.65. The molecule has 0 saturated carbocycles. The minimum absolute atomic E-state index is 0. The molecule has 2 N–H and O–H groups in total. The Balaban J connectivity index is 0.00000208. The van der Waals surface area contributed by atoms with Gasteiger partial charge in [0.1, 0.15) is 5.82 Å². The van der Waals surface area contributed by atoms with E-state index in [-0.39, 0.29) is 24.0 Å². The number of benzene rings is 1. The Hall–Kier alpha value is -1.61. The first-order valence-corrected chi connectivity index (χ1v) is 7.84. The molecule has 0 atom stereocenters. The number of aliphatic imine (C=N–C) groups is 1. The van der Waals surface area contributed by atoms with E-state index in [0.29, 0.717) is 25.7 Å². The third kappa shape index (κ3) is 4.27. The molecule has 3 rings (SSSR count). The summed E-state index contributed by atoms with van der Waals surface area (Å²) in [7, 11) is 3.98. The molecule has 6 nitrogen and oxygen atoms in total. The van der Waals surface area contributed by atoms with E-state index < -0.39 is 0 Å². The zero-order valence-electron chi connectivity index (χ0n) is 14.1. The summed E-state index contributed by atoms with van der Waals surface area (Å²) in [5, 5.41) is 1.12. The number of anilines is 1. The van der Waals surface area contributed by atoms with Gasteiger partial charge in [-0.2, -0.15) is 0 Å². The van der Waals surface area contributed by atoms with Gasteiger partial charge in [-0.05, 0) is 17.7 Å². The van der Waals surface area contributed by atoms with Crippen LogP contribution >= 0.6 is 24.0 Å². The fourth-order valence-corrected chi connectivity index (χ4v) is 2.65. The number of guanidine groups is 1. The van der Waals surface area contributed by atoms with E-state index >= 15 is 0 Å². The van der Waals surface area contributed by atoms with Crippen molar-refractivity contribution in [3.05, 3.63) is 35.9 Å². The number of pyridine rings is 1. The average molecular weight is 441 g/mol. The molecule has 1 saturated heterocycles. The highest BCUT2D eigenvalue weighted by atomic mass is 127. The van der Waals surface area contributed by atoms with Crippen molar-refractivity contribution in [2.75, 3.05) is 45.3 Å². The number of nitrogens with zero attached hydrogens (tertiary/aromatic N) is 4. The number of nitrogens with two attached hydrogens (primary N) is 1. The number of para-hydroxylation sites is 1. The normalized spacial score (nSPS) is 15.2. The molecule has 0 amide bonds. The summed E-state index contributed by atoms with van der Waals surface area (Å²) >= 11 is 0. The van der Waals surface area contributed by atoms with Crippen molar-refractivity contribution in [2.24, 2.45) is 10.7 Å². The van der Waals surface area contributed by atoms with Gasteiger partial charge in [0.15, 0.2) is 5.96 Å². The summed E-state index contributed by atoms with van der Waals surface area (Å²) in [5.41, 5.74) is 8.25. The third-order valence-electron chi connectivity index (χ3n) is 3.99. The van der Waals surface area contributed by atoms with E-state index in [1.54, 1.807) is 0 Å². The predicted octanol–water partition coefficient (Wildman–Crippen LogP) is 2.07. The fraction of sp³-hybridized carbons (Fsp3) is 0.412. The average Bonchev–Trinajstić information content (AvgIpc) is 2.59. The number of hydrogen-bond donors (Lipinski definition) is 1. The van der Waals surface area contributed by atoms with E-state index in [2.05, 4.69) is 27.0 Å². The highest BCUT2D eigenvalue weighted by Gasteiger charge is 2.12. The van der Waals surface area contributed by atoms with Crippen molar-refractivity contribution < 1.29 is 4.74 Å². The number of ether oxygens (including phenoxy) is 1. The van der Waals surface area contributed by atoms with E-state index in [1.807, 2.05) is 37.2 Å². The molecular formula is C17H24IN5O. The molecule has 0 aliphatic carbocycles. The second-order valence-corrected chi connectivity index (χ2v) is 5.83. The van der Waals surface area contributed by atoms with Crippen LogP contribution in [0.2, 0.25) is 0 Å². The summed E-state index contributed by atoms with van der Waals surface area (Å²) in [4.78, 5) is 13.3. The minimum atomic E-state index is 0. The van der Waals surface area contributed by atoms with Gasteiger partial charge in [0.25, 0.3) is 0 Å². The Morgan fingerprint density at radius 2 is 2.00 bits per heavy atom. The second-order valence-electron chi connectivity index (χ2n) is 5.83. The largest absolute Gasteiger partial charge is 0.378 e. The standard InChI is InChI=1S/C17H23N5O.HI/c1-21(2)16-11-13(14-5-3-4-6-15(14)20-16)12-19-17(18)22-7-9-23-10-8-22;/h3-6,11H,7-10,12H2,1-2H3,(H2,18,19);1H. The lowest BCUT2D eigenvalue weighted by molar-refractivity contribution is 0.0674. The maximum absolute atomic E-state index is 6.13. The number of morpholine rings is 1. The van der Waals surface area contributed by atoms with Gasteiger partial charge in [-0.15, -0.1) is 24.0 Å². The van der Waals surface area contributed by atoms with Gasteiger partial charge in [0.2, 0.25) is 0 Å². The number of hydrogen-bond acceptors (Lipinski definition) is 4. The van der Waals surface area contributed by atoms with Crippen molar-refractivity contribution in [1.29, 1.82) is 0 Å². The van der Waals surface area contributed by atoms with Crippen molar-refractivity contribution in [2.45, 2.75) is 6.54 Å². The van der Waals surface area contributed by atoms with Crippen LogP contribution in [-0.2, 0) is 11.3 Å². The molecule has 1 aromatic carbocycles. The van der Waals surface area contributed by atoms with Crippen LogP contribution in [-0.4, -0.2) is 56.2 Å². The summed E-state index contributed by atoms with van der Waals surface area (Å²) in [5.74, 6) is 1.51. The van der Waals surface area contributed by atoms with Crippen LogP contribution in [0.5, 0.6) is 0 Å². The number of rotatable bonds is 3. The second kappa shape index (κ2) is 8.48. The molecule has 0 bridgehead atoms. The van der Waals surface area contributed by atoms with Gasteiger partial charge in [-0.1, -0.05) is 18.2 Å². The predicted molar refractivity (Wildman–Crippen MR) is 109 cm³/mol. The van der Waals surface area contributed by atoms with Crippen molar-refractivity contribution in [3.8, 4) is 0 Å². The van der Waals surface area contributed by atoms with Crippen LogP contribution in [0, 0.1) is 0 Å². The molecule has 0 radical (unpaired) electrons.